The second-order valence-corrected chi connectivity index (χ2v) is 7.21. The number of imidazole rings is 1. The van der Waals surface area contributed by atoms with E-state index in [2.05, 4.69) is 10.3 Å². The van der Waals surface area contributed by atoms with Crippen LogP contribution in [0.3, 0.4) is 0 Å². The molecule has 0 fully saturated rings. The van der Waals surface area contributed by atoms with Gasteiger partial charge in [-0.25, -0.2) is 4.98 Å². The Balaban J connectivity index is 2.01. The van der Waals surface area contributed by atoms with Gasteiger partial charge in [0.1, 0.15) is 5.52 Å². The fourth-order valence-corrected chi connectivity index (χ4v) is 3.37. The number of carbonyl (C=O) groups is 2. The maximum absolute atomic E-state index is 13.3. The summed E-state index contributed by atoms with van der Waals surface area (Å²) in [6.45, 7) is 2.97. The number of aromatic nitrogens is 2. The maximum atomic E-state index is 13.3. The molecule has 0 aliphatic heterocycles. The average Bonchev–Trinajstić information content (AvgIpc) is 3.09. The zero-order chi connectivity index (χ0) is 22.8. The molecule has 3 aromatic rings. The molecular formula is C21H21F3N4O3. The lowest BCUT2D eigenvalue weighted by molar-refractivity contribution is -0.137. The van der Waals surface area contributed by atoms with Crippen LogP contribution in [0.1, 0.15) is 33.2 Å². The molecule has 3 N–H and O–H groups in total. The number of nitrogens with one attached hydrogen (secondary N) is 1. The van der Waals surface area contributed by atoms with Crippen LogP contribution in [-0.2, 0) is 17.5 Å². The number of alkyl halides is 3. The quantitative estimate of drug-likeness (QED) is 0.592. The molecule has 31 heavy (non-hydrogen) atoms. The Morgan fingerprint density at radius 1 is 1.23 bits per heavy atom. The van der Waals surface area contributed by atoms with E-state index in [0.29, 0.717) is 24.2 Å². The molecule has 2 aromatic carbocycles. The average molecular weight is 434 g/mol. The van der Waals surface area contributed by atoms with E-state index in [1.165, 1.54) is 24.5 Å². The van der Waals surface area contributed by atoms with Crippen molar-refractivity contribution in [2.24, 2.45) is 11.7 Å². The molecule has 7 nitrogen and oxygen atoms in total. The lowest BCUT2D eigenvalue weighted by Crippen LogP contribution is -2.19. The van der Waals surface area contributed by atoms with Crippen molar-refractivity contribution in [3.63, 3.8) is 0 Å². The second-order valence-electron chi connectivity index (χ2n) is 7.21. The predicted octanol–water partition coefficient (Wildman–Crippen LogP) is 3.69. The van der Waals surface area contributed by atoms with Gasteiger partial charge in [0.2, 0.25) is 0 Å². The topological polar surface area (TPSA) is 99.2 Å². The third-order valence-corrected chi connectivity index (χ3v) is 4.69. The van der Waals surface area contributed by atoms with Crippen LogP contribution in [0.25, 0.3) is 11.0 Å². The number of halogens is 3. The first-order chi connectivity index (χ1) is 14.6. The molecule has 10 heteroatoms. The summed E-state index contributed by atoms with van der Waals surface area (Å²) in [4.78, 5) is 28.8. The first-order valence-corrected chi connectivity index (χ1v) is 9.37. The van der Waals surface area contributed by atoms with Crippen LogP contribution in [0.4, 0.5) is 18.9 Å². The molecule has 0 aliphatic rings. The molecular weight excluding hydrogens is 413 g/mol. The number of nitrogens with zero attached hydrogens (tertiary/aromatic N) is 2. The molecule has 0 saturated heterocycles. The summed E-state index contributed by atoms with van der Waals surface area (Å²) >= 11 is 0. The molecule has 2 amide bonds. The molecule has 0 saturated carbocycles. The first kappa shape index (κ1) is 22.3. The highest BCUT2D eigenvalue weighted by molar-refractivity contribution is 6.09. The molecule has 0 radical (unpaired) electrons. The number of nitrogens with two attached hydrogens (primary N) is 1. The molecule has 0 aliphatic carbocycles. The van der Waals surface area contributed by atoms with Gasteiger partial charge in [-0.05, 0) is 30.2 Å². The Labute approximate surface area is 176 Å². The number of amides is 2. The van der Waals surface area contributed by atoms with Crippen molar-refractivity contribution < 1.29 is 27.5 Å². The van der Waals surface area contributed by atoms with E-state index in [1.54, 1.807) is 17.7 Å². The van der Waals surface area contributed by atoms with Crippen LogP contribution in [-0.4, -0.2) is 35.1 Å². The molecule has 164 valence electrons. The summed E-state index contributed by atoms with van der Waals surface area (Å²) in [6.07, 6.45) is -3.15. The Kier molecular flexibility index (Phi) is 6.30. The van der Waals surface area contributed by atoms with Crippen LogP contribution >= 0.6 is 0 Å². The zero-order valence-corrected chi connectivity index (χ0v) is 16.9. The van der Waals surface area contributed by atoms with Gasteiger partial charge in [-0.2, -0.15) is 13.2 Å². The zero-order valence-electron chi connectivity index (χ0n) is 16.9. The minimum absolute atomic E-state index is 0.0510. The normalized spacial score (nSPS) is 12.7. The monoisotopic (exact) mass is 434 g/mol. The number of anilines is 1. The van der Waals surface area contributed by atoms with Crippen LogP contribution in [0.5, 0.6) is 0 Å². The summed E-state index contributed by atoms with van der Waals surface area (Å²) in [6, 6.07) is 7.31. The third-order valence-electron chi connectivity index (χ3n) is 4.69. The van der Waals surface area contributed by atoms with Gasteiger partial charge in [0.05, 0.1) is 35.1 Å². The summed E-state index contributed by atoms with van der Waals surface area (Å²) in [7, 11) is 1.58. The van der Waals surface area contributed by atoms with Gasteiger partial charge in [-0.3, -0.25) is 9.59 Å². The second kappa shape index (κ2) is 8.76. The fourth-order valence-electron chi connectivity index (χ4n) is 3.37. The number of hydrogen-bond donors (Lipinski definition) is 2. The Bertz CT molecular complexity index is 1120. The fraction of sp³-hybridized carbons (Fsp3) is 0.286. The smallest absolute Gasteiger partial charge is 0.384 e. The summed E-state index contributed by atoms with van der Waals surface area (Å²) in [5, 5.41) is 2.44. The van der Waals surface area contributed by atoms with Crippen LogP contribution in [0.2, 0.25) is 0 Å². The van der Waals surface area contributed by atoms with Gasteiger partial charge in [-0.15, -0.1) is 0 Å². The number of ether oxygens (including phenoxy) is 1. The molecule has 1 atom stereocenters. The Hall–Kier alpha value is -3.40. The highest BCUT2D eigenvalue weighted by atomic mass is 19.4. The van der Waals surface area contributed by atoms with Gasteiger partial charge in [0.25, 0.3) is 11.8 Å². The van der Waals surface area contributed by atoms with E-state index in [4.69, 9.17) is 10.5 Å². The lowest BCUT2D eigenvalue weighted by Gasteiger charge is -2.14. The minimum Gasteiger partial charge on any atom is -0.384 e. The number of fused-ring (bicyclic) bond motifs is 1. The Morgan fingerprint density at radius 3 is 2.58 bits per heavy atom. The molecule has 0 bridgehead atoms. The van der Waals surface area contributed by atoms with Crippen LogP contribution < -0.4 is 11.1 Å². The van der Waals surface area contributed by atoms with Crippen LogP contribution in [0.15, 0.2) is 42.7 Å². The van der Waals surface area contributed by atoms with Crippen molar-refractivity contribution in [1.82, 2.24) is 9.55 Å². The summed E-state index contributed by atoms with van der Waals surface area (Å²) in [5.74, 6) is -1.61. The number of benzene rings is 2. The van der Waals surface area contributed by atoms with Crippen molar-refractivity contribution >= 4 is 28.5 Å². The molecule has 1 unspecified atom stereocenters. The highest BCUT2D eigenvalue weighted by Crippen LogP contribution is 2.32. The predicted molar refractivity (Wildman–Crippen MR) is 109 cm³/mol. The van der Waals surface area contributed by atoms with E-state index in [1.807, 2.05) is 6.92 Å². The van der Waals surface area contributed by atoms with E-state index in [9.17, 15) is 22.8 Å². The van der Waals surface area contributed by atoms with E-state index < -0.39 is 29.1 Å². The molecule has 1 heterocycles. The van der Waals surface area contributed by atoms with Crippen molar-refractivity contribution in [2.75, 3.05) is 19.0 Å². The summed E-state index contributed by atoms with van der Waals surface area (Å²) in [5.41, 5.74) is 4.91. The molecule has 1 aromatic heterocycles. The Morgan fingerprint density at radius 2 is 1.94 bits per heavy atom. The number of carbonyl (C=O) groups excluding carboxylic acids is 2. The van der Waals surface area contributed by atoms with Gasteiger partial charge in [0, 0.05) is 19.3 Å². The number of primary amides is 1. The largest absolute Gasteiger partial charge is 0.417 e. The van der Waals surface area contributed by atoms with Crippen molar-refractivity contribution in [1.29, 1.82) is 0 Å². The van der Waals surface area contributed by atoms with Crippen molar-refractivity contribution in [2.45, 2.75) is 19.6 Å². The van der Waals surface area contributed by atoms with Crippen LogP contribution in [0, 0.1) is 5.92 Å². The van der Waals surface area contributed by atoms with Gasteiger partial charge < -0.3 is 20.4 Å². The number of methoxy groups -OCH3 is 1. The molecule has 0 spiro atoms. The van der Waals surface area contributed by atoms with E-state index in [0.717, 1.165) is 12.1 Å². The SMILES string of the molecule is COCC(C)Cn1cnc2c(C(N)=O)cc(NC(=O)c3ccccc3C(F)(F)F)cc21. The minimum atomic E-state index is -4.69. The standard InChI is InChI=1S/C21H21F3N4O3/c1-12(10-31-2)9-28-11-26-18-15(19(25)29)7-13(8-17(18)28)27-20(30)14-5-3-4-6-16(14)21(22,23)24/h3-8,11-12H,9-10H2,1-2H3,(H2,25,29)(H,27,30). The maximum Gasteiger partial charge on any atom is 0.417 e. The van der Waals surface area contributed by atoms with Crippen molar-refractivity contribution in [3.05, 3.63) is 59.4 Å². The highest BCUT2D eigenvalue weighted by Gasteiger charge is 2.34. The van der Waals surface area contributed by atoms with Gasteiger partial charge in [0.15, 0.2) is 0 Å². The number of rotatable bonds is 7. The first-order valence-electron chi connectivity index (χ1n) is 9.37. The number of hydrogen-bond acceptors (Lipinski definition) is 4. The van der Waals surface area contributed by atoms with Crippen molar-refractivity contribution in [3.8, 4) is 0 Å². The van der Waals surface area contributed by atoms with Gasteiger partial charge >= 0.3 is 6.18 Å². The third kappa shape index (κ3) is 4.85. The summed E-state index contributed by atoms with van der Waals surface area (Å²) < 4.78 is 46.7. The molecule has 3 rings (SSSR count). The van der Waals surface area contributed by atoms with E-state index >= 15 is 0 Å². The van der Waals surface area contributed by atoms with Gasteiger partial charge in [-0.1, -0.05) is 19.1 Å². The van der Waals surface area contributed by atoms with E-state index in [-0.39, 0.29) is 17.2 Å². The lowest BCUT2D eigenvalue weighted by atomic mass is 10.1.